The van der Waals surface area contributed by atoms with Crippen molar-refractivity contribution in [1.82, 2.24) is 20.1 Å². The number of nitrogens with zero attached hydrogens (tertiary/aromatic N) is 2. The monoisotopic (exact) mass is 318 g/mol. The number of aryl methyl sites for hydroxylation is 2. The standard InChI is InChI=1S/C16H19ClN4O/c1-3-12-14-15(20-19-12)11-9-10(17)5-6-13(11)21(16(14)22)8-4-7-18-2/h5-6,9,18H,3-4,7-8H2,1-2H3,(H,19,20). The van der Waals surface area contributed by atoms with E-state index in [1.54, 1.807) is 0 Å². The average Bonchev–Trinajstić information content (AvgIpc) is 2.95. The number of aromatic amines is 1. The van der Waals surface area contributed by atoms with Crippen molar-refractivity contribution in [2.75, 3.05) is 13.6 Å². The van der Waals surface area contributed by atoms with Gasteiger partial charge in [-0.15, -0.1) is 0 Å². The Balaban J connectivity index is 2.34. The predicted molar refractivity (Wildman–Crippen MR) is 90.8 cm³/mol. The number of pyridine rings is 1. The fourth-order valence-corrected chi connectivity index (χ4v) is 3.04. The second-order valence-corrected chi connectivity index (χ2v) is 5.79. The second-order valence-electron chi connectivity index (χ2n) is 5.35. The van der Waals surface area contributed by atoms with E-state index in [4.69, 9.17) is 11.6 Å². The summed E-state index contributed by atoms with van der Waals surface area (Å²) in [6, 6.07) is 5.60. The Hall–Kier alpha value is -1.85. The Kier molecular flexibility index (Phi) is 4.18. The largest absolute Gasteiger partial charge is 0.320 e. The van der Waals surface area contributed by atoms with Gasteiger partial charge in [0, 0.05) is 22.6 Å². The minimum absolute atomic E-state index is 0.0199. The van der Waals surface area contributed by atoms with Gasteiger partial charge in [-0.25, -0.2) is 0 Å². The summed E-state index contributed by atoms with van der Waals surface area (Å²) < 4.78 is 1.83. The molecule has 0 aliphatic carbocycles. The third-order valence-electron chi connectivity index (χ3n) is 3.97. The smallest absolute Gasteiger partial charge is 0.262 e. The molecule has 0 aliphatic heterocycles. The molecule has 0 atom stereocenters. The molecule has 0 amide bonds. The van der Waals surface area contributed by atoms with Crippen molar-refractivity contribution in [3.05, 3.63) is 39.3 Å². The molecule has 2 N–H and O–H groups in total. The van der Waals surface area contributed by atoms with Gasteiger partial charge >= 0.3 is 0 Å². The van der Waals surface area contributed by atoms with Gasteiger partial charge in [0.05, 0.1) is 10.9 Å². The summed E-state index contributed by atoms with van der Waals surface area (Å²) in [6.07, 6.45) is 1.63. The highest BCUT2D eigenvalue weighted by Crippen LogP contribution is 2.26. The number of nitrogens with one attached hydrogen (secondary N) is 2. The Morgan fingerprint density at radius 2 is 2.23 bits per heavy atom. The number of rotatable bonds is 5. The van der Waals surface area contributed by atoms with Crippen LogP contribution in [0.3, 0.4) is 0 Å². The first-order valence-corrected chi connectivity index (χ1v) is 7.88. The first-order valence-electron chi connectivity index (χ1n) is 7.51. The summed E-state index contributed by atoms with van der Waals surface area (Å²) in [5, 5.41) is 12.7. The molecule has 0 fully saturated rings. The zero-order valence-electron chi connectivity index (χ0n) is 12.7. The maximum absolute atomic E-state index is 12.9. The minimum Gasteiger partial charge on any atom is -0.320 e. The first-order chi connectivity index (χ1) is 10.7. The molecular weight excluding hydrogens is 300 g/mol. The number of hydrogen-bond acceptors (Lipinski definition) is 3. The van der Waals surface area contributed by atoms with Gasteiger partial charge in [-0.1, -0.05) is 18.5 Å². The maximum Gasteiger partial charge on any atom is 0.262 e. The minimum atomic E-state index is 0.0199. The molecule has 0 bridgehead atoms. The van der Waals surface area contributed by atoms with Gasteiger partial charge in [0.1, 0.15) is 5.52 Å². The summed E-state index contributed by atoms with van der Waals surface area (Å²) in [5.41, 5.74) is 2.49. The Morgan fingerprint density at radius 1 is 1.41 bits per heavy atom. The molecule has 2 aromatic heterocycles. The van der Waals surface area contributed by atoms with Crippen molar-refractivity contribution in [1.29, 1.82) is 0 Å². The lowest BCUT2D eigenvalue weighted by Crippen LogP contribution is -2.23. The number of benzene rings is 1. The van der Waals surface area contributed by atoms with Crippen LogP contribution in [0.4, 0.5) is 0 Å². The van der Waals surface area contributed by atoms with Crippen LogP contribution < -0.4 is 10.9 Å². The number of halogens is 1. The van der Waals surface area contributed by atoms with Crippen molar-refractivity contribution >= 4 is 33.4 Å². The van der Waals surface area contributed by atoms with Crippen LogP contribution in [0.1, 0.15) is 19.0 Å². The van der Waals surface area contributed by atoms with Crippen LogP contribution in [-0.4, -0.2) is 28.4 Å². The SMILES string of the molecule is CCc1[nH]nc2c1c(=O)n(CCCNC)c1ccc(Cl)cc21. The van der Waals surface area contributed by atoms with E-state index >= 15 is 0 Å². The summed E-state index contributed by atoms with van der Waals surface area (Å²) in [6.45, 7) is 3.55. The molecule has 0 saturated carbocycles. The molecule has 0 unspecified atom stereocenters. The zero-order valence-corrected chi connectivity index (χ0v) is 13.5. The average molecular weight is 319 g/mol. The molecule has 0 spiro atoms. The summed E-state index contributed by atoms with van der Waals surface area (Å²) in [5.74, 6) is 0. The molecule has 2 heterocycles. The highest BCUT2D eigenvalue weighted by Gasteiger charge is 2.16. The van der Waals surface area contributed by atoms with Crippen LogP contribution >= 0.6 is 11.6 Å². The summed E-state index contributed by atoms with van der Waals surface area (Å²) in [4.78, 5) is 12.9. The molecule has 22 heavy (non-hydrogen) atoms. The highest BCUT2D eigenvalue weighted by atomic mass is 35.5. The molecule has 5 nitrogen and oxygen atoms in total. The Morgan fingerprint density at radius 3 is 2.95 bits per heavy atom. The number of fused-ring (bicyclic) bond motifs is 3. The van der Waals surface area contributed by atoms with Gasteiger partial charge in [-0.2, -0.15) is 5.10 Å². The number of H-pyrrole nitrogens is 1. The molecule has 1 aromatic carbocycles. The fourth-order valence-electron chi connectivity index (χ4n) is 2.87. The molecule has 116 valence electrons. The van der Waals surface area contributed by atoms with E-state index in [2.05, 4.69) is 15.5 Å². The van der Waals surface area contributed by atoms with E-state index < -0.39 is 0 Å². The lowest BCUT2D eigenvalue weighted by atomic mass is 10.1. The van der Waals surface area contributed by atoms with E-state index in [-0.39, 0.29) is 5.56 Å². The van der Waals surface area contributed by atoms with E-state index in [9.17, 15) is 4.79 Å². The van der Waals surface area contributed by atoms with Crippen molar-refractivity contribution < 1.29 is 0 Å². The lowest BCUT2D eigenvalue weighted by Gasteiger charge is -2.11. The van der Waals surface area contributed by atoms with Crippen LogP contribution in [0.2, 0.25) is 5.02 Å². The van der Waals surface area contributed by atoms with Gasteiger partial charge in [-0.05, 0) is 44.6 Å². The second kappa shape index (κ2) is 6.10. The number of hydrogen-bond donors (Lipinski definition) is 2. The summed E-state index contributed by atoms with van der Waals surface area (Å²) in [7, 11) is 1.91. The van der Waals surface area contributed by atoms with Gasteiger partial charge in [0.2, 0.25) is 0 Å². The van der Waals surface area contributed by atoms with Gasteiger partial charge in [-0.3, -0.25) is 9.89 Å². The van der Waals surface area contributed by atoms with E-state index in [1.807, 2.05) is 36.7 Å². The van der Waals surface area contributed by atoms with Crippen molar-refractivity contribution in [3.8, 4) is 0 Å². The highest BCUT2D eigenvalue weighted by molar-refractivity contribution is 6.31. The van der Waals surface area contributed by atoms with Crippen LogP contribution in [0.25, 0.3) is 21.8 Å². The van der Waals surface area contributed by atoms with Gasteiger partial charge in [0.15, 0.2) is 0 Å². The van der Waals surface area contributed by atoms with Gasteiger partial charge in [0.25, 0.3) is 5.56 Å². The van der Waals surface area contributed by atoms with Gasteiger partial charge < -0.3 is 9.88 Å². The van der Waals surface area contributed by atoms with E-state index in [0.717, 1.165) is 36.0 Å². The fraction of sp³-hybridized carbons (Fsp3) is 0.375. The molecule has 0 aliphatic rings. The lowest BCUT2D eigenvalue weighted by molar-refractivity contribution is 0.615. The van der Waals surface area contributed by atoms with Crippen molar-refractivity contribution in [2.45, 2.75) is 26.3 Å². The molecule has 0 radical (unpaired) electrons. The van der Waals surface area contributed by atoms with Crippen LogP contribution in [0, 0.1) is 0 Å². The van der Waals surface area contributed by atoms with E-state index in [0.29, 0.717) is 22.5 Å². The predicted octanol–water partition coefficient (Wildman–Crippen LogP) is 2.70. The normalized spacial score (nSPS) is 11.6. The van der Waals surface area contributed by atoms with Crippen molar-refractivity contribution in [3.63, 3.8) is 0 Å². The Labute approximate surface area is 133 Å². The third-order valence-corrected chi connectivity index (χ3v) is 4.20. The molecular formula is C16H19ClN4O. The summed E-state index contributed by atoms with van der Waals surface area (Å²) >= 11 is 6.14. The third kappa shape index (κ3) is 2.40. The Bertz CT molecular complexity index is 881. The number of aromatic nitrogens is 3. The quantitative estimate of drug-likeness (QED) is 0.711. The van der Waals surface area contributed by atoms with Crippen LogP contribution in [0.5, 0.6) is 0 Å². The zero-order chi connectivity index (χ0) is 15.7. The maximum atomic E-state index is 12.9. The van der Waals surface area contributed by atoms with E-state index in [1.165, 1.54) is 0 Å². The van der Waals surface area contributed by atoms with Crippen molar-refractivity contribution in [2.24, 2.45) is 0 Å². The van der Waals surface area contributed by atoms with Crippen LogP contribution in [-0.2, 0) is 13.0 Å². The molecule has 3 rings (SSSR count). The molecule has 3 aromatic rings. The molecule has 6 heteroatoms. The molecule has 0 saturated heterocycles. The topological polar surface area (TPSA) is 62.7 Å². The first kappa shape index (κ1) is 15.1. The van der Waals surface area contributed by atoms with Crippen LogP contribution in [0.15, 0.2) is 23.0 Å².